The third-order valence-electron chi connectivity index (χ3n) is 5.70. The van der Waals surface area contributed by atoms with Gasteiger partial charge in [0.2, 0.25) is 0 Å². The lowest BCUT2D eigenvalue weighted by Gasteiger charge is -2.10. The lowest BCUT2D eigenvalue weighted by molar-refractivity contribution is -0.135. The number of aliphatic hydroxyl groups excluding tert-OH is 2. The molecule has 0 heterocycles. The molecule has 1 unspecified atom stereocenters. The molecule has 0 spiro atoms. The van der Waals surface area contributed by atoms with E-state index in [0.29, 0.717) is 12.0 Å². The van der Waals surface area contributed by atoms with E-state index in [-0.39, 0.29) is 13.0 Å². The summed E-state index contributed by atoms with van der Waals surface area (Å²) in [5.41, 5.74) is 1.34. The molecular weight excluding hydrogens is 447 g/mol. The van der Waals surface area contributed by atoms with Gasteiger partial charge >= 0.3 is 12.1 Å². The largest absolute Gasteiger partial charge is 0.459 e. The fraction of sp³-hybridized carbons (Fsp3) is 0.731. The fourth-order valence-corrected chi connectivity index (χ4v) is 3.66. The molecule has 0 aromatic heterocycles. The number of carbonyl (C=O) groups is 1. The molecule has 0 aliphatic heterocycles. The third kappa shape index (κ3) is 16.8. The van der Waals surface area contributed by atoms with Crippen molar-refractivity contribution < 1.29 is 32.9 Å². The molecule has 8 heteroatoms. The fourth-order valence-electron chi connectivity index (χ4n) is 3.66. The van der Waals surface area contributed by atoms with Crippen molar-refractivity contribution in [3.05, 3.63) is 29.8 Å². The number of esters is 1. The molecular formula is C26H42F3NO4. The SMILES string of the molecule is O=C(OCC(O)CO)c1ccc(NCCCCCCCCCCCCCCCC(F)(F)F)cc1. The predicted octanol–water partition coefficient (Wildman–Crippen LogP) is 6.63. The zero-order valence-electron chi connectivity index (χ0n) is 20.3. The van der Waals surface area contributed by atoms with Gasteiger partial charge in [-0.2, -0.15) is 13.2 Å². The summed E-state index contributed by atoms with van der Waals surface area (Å²) >= 11 is 0. The van der Waals surface area contributed by atoms with Crippen LogP contribution in [0.3, 0.4) is 0 Å². The molecule has 1 atom stereocenters. The van der Waals surface area contributed by atoms with Crippen molar-refractivity contribution in [1.82, 2.24) is 0 Å². The van der Waals surface area contributed by atoms with Gasteiger partial charge in [-0.25, -0.2) is 4.79 Å². The lowest BCUT2D eigenvalue weighted by atomic mass is 10.0. The normalized spacial score (nSPS) is 12.5. The third-order valence-corrected chi connectivity index (χ3v) is 5.70. The van der Waals surface area contributed by atoms with Crippen LogP contribution < -0.4 is 5.32 Å². The Hall–Kier alpha value is -1.80. The Morgan fingerprint density at radius 3 is 1.76 bits per heavy atom. The van der Waals surface area contributed by atoms with Crippen molar-refractivity contribution in [2.75, 3.05) is 25.1 Å². The zero-order chi connectivity index (χ0) is 25.1. The molecule has 5 nitrogen and oxygen atoms in total. The van der Waals surface area contributed by atoms with Crippen LogP contribution in [0.25, 0.3) is 0 Å². The second-order valence-electron chi connectivity index (χ2n) is 8.90. The molecule has 0 amide bonds. The molecule has 196 valence electrons. The summed E-state index contributed by atoms with van der Waals surface area (Å²) in [6.45, 7) is 0.194. The number of ether oxygens (including phenoxy) is 1. The number of carbonyl (C=O) groups excluding carboxylic acids is 1. The number of hydrogen-bond donors (Lipinski definition) is 3. The highest BCUT2D eigenvalue weighted by Crippen LogP contribution is 2.23. The molecule has 1 rings (SSSR count). The Morgan fingerprint density at radius 2 is 1.29 bits per heavy atom. The Morgan fingerprint density at radius 1 is 0.824 bits per heavy atom. The number of unbranched alkanes of at least 4 members (excludes halogenated alkanes) is 12. The number of alkyl halides is 3. The molecule has 0 fully saturated rings. The maximum absolute atomic E-state index is 12.0. The molecule has 3 N–H and O–H groups in total. The summed E-state index contributed by atoms with van der Waals surface area (Å²) in [5.74, 6) is -0.529. The Kier molecular flexibility index (Phi) is 16.5. The number of benzene rings is 1. The van der Waals surface area contributed by atoms with Gasteiger partial charge in [0, 0.05) is 18.7 Å². The quantitative estimate of drug-likeness (QED) is 0.141. The first-order chi connectivity index (χ1) is 16.3. The van der Waals surface area contributed by atoms with Crippen molar-refractivity contribution in [1.29, 1.82) is 0 Å². The van der Waals surface area contributed by atoms with Gasteiger partial charge in [0.05, 0.1) is 12.2 Å². The first-order valence-corrected chi connectivity index (χ1v) is 12.7. The van der Waals surface area contributed by atoms with Crippen molar-refractivity contribution >= 4 is 11.7 Å². The van der Waals surface area contributed by atoms with E-state index in [1.807, 2.05) is 12.1 Å². The van der Waals surface area contributed by atoms with Crippen LogP contribution in [0.1, 0.15) is 100 Å². The second kappa shape index (κ2) is 18.5. The molecule has 0 bridgehead atoms. The van der Waals surface area contributed by atoms with E-state index in [4.69, 9.17) is 9.84 Å². The topological polar surface area (TPSA) is 78.8 Å². The van der Waals surface area contributed by atoms with E-state index in [0.717, 1.165) is 37.9 Å². The molecule has 0 saturated heterocycles. The number of aliphatic hydroxyl groups is 2. The van der Waals surface area contributed by atoms with Crippen LogP contribution in [0.15, 0.2) is 24.3 Å². The van der Waals surface area contributed by atoms with E-state index in [2.05, 4.69) is 5.32 Å². The number of anilines is 1. The van der Waals surface area contributed by atoms with Crippen LogP contribution in [0, 0.1) is 0 Å². The Bertz CT molecular complexity index is 638. The summed E-state index contributed by atoms with van der Waals surface area (Å²) in [4.78, 5) is 11.8. The molecule has 0 saturated carbocycles. The molecule has 0 aliphatic rings. The zero-order valence-corrected chi connectivity index (χ0v) is 20.3. The average molecular weight is 490 g/mol. The minimum absolute atomic E-state index is 0.230. The van der Waals surface area contributed by atoms with E-state index in [1.165, 1.54) is 44.9 Å². The molecule has 1 aromatic carbocycles. The standard InChI is InChI=1S/C26H42F3NO4/c27-26(28,29)18-12-10-8-6-4-2-1-3-5-7-9-11-13-19-30-23-16-14-22(15-17-23)25(33)34-21-24(32)20-31/h14-17,24,30-32H,1-13,18-21H2. The number of hydrogen-bond acceptors (Lipinski definition) is 5. The molecule has 0 radical (unpaired) electrons. The average Bonchev–Trinajstić information content (AvgIpc) is 2.81. The molecule has 34 heavy (non-hydrogen) atoms. The van der Waals surface area contributed by atoms with Crippen LogP contribution in [-0.2, 0) is 4.74 Å². The van der Waals surface area contributed by atoms with Crippen LogP contribution in [0.5, 0.6) is 0 Å². The molecule has 1 aromatic rings. The van der Waals surface area contributed by atoms with Crippen LogP contribution >= 0.6 is 0 Å². The van der Waals surface area contributed by atoms with E-state index < -0.39 is 31.3 Å². The number of nitrogens with one attached hydrogen (secondary N) is 1. The van der Waals surface area contributed by atoms with Gasteiger partial charge in [-0.3, -0.25) is 0 Å². The monoisotopic (exact) mass is 489 g/mol. The number of halogens is 3. The van der Waals surface area contributed by atoms with Crippen molar-refractivity contribution in [3.8, 4) is 0 Å². The molecule has 0 aliphatic carbocycles. The van der Waals surface area contributed by atoms with Gasteiger partial charge in [0.1, 0.15) is 12.7 Å². The van der Waals surface area contributed by atoms with Gasteiger partial charge in [-0.05, 0) is 37.1 Å². The second-order valence-corrected chi connectivity index (χ2v) is 8.90. The van der Waals surface area contributed by atoms with E-state index in [9.17, 15) is 23.1 Å². The minimum atomic E-state index is -4.00. The van der Waals surface area contributed by atoms with Crippen molar-refractivity contribution in [3.63, 3.8) is 0 Å². The smallest absolute Gasteiger partial charge is 0.389 e. The van der Waals surface area contributed by atoms with Gasteiger partial charge in [0.15, 0.2) is 0 Å². The summed E-state index contributed by atoms with van der Waals surface area (Å²) in [7, 11) is 0. The maximum Gasteiger partial charge on any atom is 0.389 e. The Balaban J connectivity index is 1.91. The summed E-state index contributed by atoms with van der Waals surface area (Å²) in [6.07, 6.45) is 7.92. The highest BCUT2D eigenvalue weighted by molar-refractivity contribution is 5.89. The highest BCUT2D eigenvalue weighted by Gasteiger charge is 2.25. The van der Waals surface area contributed by atoms with E-state index in [1.54, 1.807) is 12.1 Å². The van der Waals surface area contributed by atoms with Gasteiger partial charge < -0.3 is 20.3 Å². The van der Waals surface area contributed by atoms with Crippen LogP contribution in [0.2, 0.25) is 0 Å². The van der Waals surface area contributed by atoms with Gasteiger partial charge in [-0.15, -0.1) is 0 Å². The van der Waals surface area contributed by atoms with Crippen LogP contribution in [-0.4, -0.2) is 48.2 Å². The van der Waals surface area contributed by atoms with E-state index >= 15 is 0 Å². The summed E-state index contributed by atoms with van der Waals surface area (Å²) in [5, 5.41) is 21.3. The Labute approximate surface area is 202 Å². The predicted molar refractivity (Wildman–Crippen MR) is 129 cm³/mol. The van der Waals surface area contributed by atoms with Gasteiger partial charge in [-0.1, -0.05) is 70.6 Å². The maximum atomic E-state index is 12.0. The number of rotatable bonds is 20. The van der Waals surface area contributed by atoms with Crippen molar-refractivity contribution in [2.24, 2.45) is 0 Å². The first-order valence-electron chi connectivity index (χ1n) is 12.7. The van der Waals surface area contributed by atoms with Gasteiger partial charge in [0.25, 0.3) is 0 Å². The highest BCUT2D eigenvalue weighted by atomic mass is 19.4. The summed E-state index contributed by atoms with van der Waals surface area (Å²) < 4.78 is 41.1. The van der Waals surface area contributed by atoms with Crippen LogP contribution in [0.4, 0.5) is 18.9 Å². The minimum Gasteiger partial charge on any atom is -0.459 e. The van der Waals surface area contributed by atoms with Crippen molar-refractivity contribution in [2.45, 2.75) is 102 Å². The first kappa shape index (κ1) is 30.2. The lowest BCUT2D eigenvalue weighted by Crippen LogP contribution is -2.21. The summed E-state index contributed by atoms with van der Waals surface area (Å²) in [6, 6.07) is 6.98.